The molecule has 0 saturated heterocycles. The molecule has 4 rings (SSSR count). The molecular weight excluding hydrogens is 551 g/mol. The number of halogens is 1. The lowest BCUT2D eigenvalue weighted by Crippen LogP contribution is -2.41. The maximum absolute atomic E-state index is 15.3. The third-order valence-corrected chi connectivity index (χ3v) is 7.19. The maximum Gasteiger partial charge on any atom is 0.326 e. The molecular formula is C27H27FN8O4S. The van der Waals surface area contributed by atoms with Gasteiger partial charge in [-0.1, -0.05) is 23.7 Å². The van der Waals surface area contributed by atoms with Crippen molar-refractivity contribution in [1.82, 2.24) is 35.9 Å². The van der Waals surface area contributed by atoms with Gasteiger partial charge in [0.05, 0.1) is 28.7 Å². The Morgan fingerprint density at radius 1 is 1.29 bits per heavy atom. The number of aromatic nitrogens is 6. The molecule has 0 bridgehead atoms. The van der Waals surface area contributed by atoms with E-state index in [0.29, 0.717) is 39.6 Å². The lowest BCUT2D eigenvalue weighted by Gasteiger charge is -2.27. The molecule has 1 atom stereocenters. The quantitative estimate of drug-likeness (QED) is 0.111. The minimum Gasteiger partial charge on any atom is -0.480 e. The molecule has 0 saturated carbocycles. The van der Waals surface area contributed by atoms with Crippen LogP contribution in [0.3, 0.4) is 0 Å². The van der Waals surface area contributed by atoms with E-state index in [1.807, 2.05) is 6.92 Å². The van der Waals surface area contributed by atoms with Crippen LogP contribution in [-0.4, -0.2) is 65.9 Å². The topological polar surface area (TPSA) is 170 Å². The zero-order valence-corrected chi connectivity index (χ0v) is 23.1. The second-order valence-electron chi connectivity index (χ2n) is 9.19. The second kappa shape index (κ2) is 13.1. The summed E-state index contributed by atoms with van der Waals surface area (Å²) in [6.45, 7) is 3.55. The van der Waals surface area contributed by atoms with Crippen molar-refractivity contribution in [2.75, 3.05) is 17.2 Å². The Bertz CT molecular complexity index is 1670. The van der Waals surface area contributed by atoms with Crippen molar-refractivity contribution in [3.05, 3.63) is 69.0 Å². The van der Waals surface area contributed by atoms with E-state index in [1.165, 1.54) is 34.9 Å². The summed E-state index contributed by atoms with van der Waals surface area (Å²) in [5.74, 6) is 0.798. The first kappa shape index (κ1) is 29.2. The van der Waals surface area contributed by atoms with Crippen molar-refractivity contribution < 1.29 is 19.1 Å². The van der Waals surface area contributed by atoms with Gasteiger partial charge >= 0.3 is 5.97 Å². The van der Waals surface area contributed by atoms with E-state index in [-0.39, 0.29) is 36.3 Å². The Balaban J connectivity index is 1.58. The number of H-pyrrole nitrogens is 2. The largest absolute Gasteiger partial charge is 0.480 e. The van der Waals surface area contributed by atoms with E-state index < -0.39 is 23.7 Å². The highest BCUT2D eigenvalue weighted by atomic mass is 32.2. The number of nitrogens with zero attached hydrogens (tertiary/aromatic N) is 5. The first-order valence-corrected chi connectivity index (χ1v) is 13.5. The number of benzene rings is 2. The molecule has 41 heavy (non-hydrogen) atoms. The number of nitrogens with one attached hydrogen (secondary N) is 3. The number of carbonyl (C=O) groups excluding carboxylic acids is 1. The minimum absolute atomic E-state index is 0.0587. The molecule has 4 aromatic rings. The normalized spacial score (nSPS) is 11.7. The van der Waals surface area contributed by atoms with Crippen molar-refractivity contribution in [2.45, 2.75) is 44.4 Å². The van der Waals surface area contributed by atoms with Gasteiger partial charge in [0.15, 0.2) is 0 Å². The molecule has 2 heterocycles. The molecule has 12 nitrogen and oxygen atoms in total. The molecule has 4 N–H and O–H groups in total. The summed E-state index contributed by atoms with van der Waals surface area (Å²) in [5.41, 5.74) is 1.55. The molecule has 0 radical (unpaired) electrons. The number of carboxylic acids is 1. The third kappa shape index (κ3) is 7.06. The predicted octanol–water partition coefficient (Wildman–Crippen LogP) is 2.59. The van der Waals surface area contributed by atoms with Crippen molar-refractivity contribution in [2.24, 2.45) is 0 Å². The van der Waals surface area contributed by atoms with Crippen LogP contribution < -0.4 is 15.8 Å². The van der Waals surface area contributed by atoms with E-state index in [9.17, 15) is 19.5 Å². The average Bonchev–Trinajstić information content (AvgIpc) is 3.44. The number of aryl methyl sites for hydroxylation is 2. The summed E-state index contributed by atoms with van der Waals surface area (Å²) in [7, 11) is 0. The number of carboxylic acid groups (broad SMARTS) is 1. The van der Waals surface area contributed by atoms with Gasteiger partial charge in [-0.3, -0.25) is 9.59 Å². The van der Waals surface area contributed by atoms with Crippen LogP contribution >= 0.6 is 11.8 Å². The molecule has 0 spiro atoms. The highest BCUT2D eigenvalue weighted by Crippen LogP contribution is 2.28. The molecule has 0 aliphatic carbocycles. The van der Waals surface area contributed by atoms with Gasteiger partial charge < -0.3 is 20.3 Å². The summed E-state index contributed by atoms with van der Waals surface area (Å²) < 4.78 is 15.3. The number of thioether (sulfide) groups is 1. The minimum atomic E-state index is -1.22. The zero-order valence-electron chi connectivity index (χ0n) is 22.3. The van der Waals surface area contributed by atoms with Crippen LogP contribution in [0, 0.1) is 32.0 Å². The molecule has 1 amide bonds. The van der Waals surface area contributed by atoms with Crippen LogP contribution in [-0.2, 0) is 11.3 Å². The van der Waals surface area contributed by atoms with Crippen molar-refractivity contribution >= 4 is 40.2 Å². The highest BCUT2D eigenvalue weighted by Gasteiger charge is 2.26. The molecule has 0 aliphatic heterocycles. The molecule has 2 aromatic heterocycles. The van der Waals surface area contributed by atoms with Crippen molar-refractivity contribution in [3.8, 4) is 12.3 Å². The third-order valence-electron chi connectivity index (χ3n) is 6.27. The van der Waals surface area contributed by atoms with Crippen molar-refractivity contribution in [1.29, 1.82) is 0 Å². The van der Waals surface area contributed by atoms with Gasteiger partial charge in [-0.25, -0.2) is 14.2 Å². The van der Waals surface area contributed by atoms with Gasteiger partial charge in [0.1, 0.15) is 17.7 Å². The monoisotopic (exact) mass is 578 g/mol. The van der Waals surface area contributed by atoms with Crippen LogP contribution in [0.15, 0.2) is 40.3 Å². The lowest BCUT2D eigenvalue weighted by atomic mass is 10.0. The van der Waals surface area contributed by atoms with Crippen LogP contribution in [0.1, 0.15) is 40.2 Å². The van der Waals surface area contributed by atoms with E-state index in [2.05, 4.69) is 41.8 Å². The molecule has 2 aromatic carbocycles. The number of hydrogen-bond donors (Lipinski definition) is 4. The fourth-order valence-corrected chi connectivity index (χ4v) is 5.03. The summed E-state index contributed by atoms with van der Waals surface area (Å²) in [4.78, 5) is 46.3. The smallest absolute Gasteiger partial charge is 0.326 e. The summed E-state index contributed by atoms with van der Waals surface area (Å²) >= 11 is 1.29. The van der Waals surface area contributed by atoms with Crippen LogP contribution in [0.2, 0.25) is 0 Å². The van der Waals surface area contributed by atoms with E-state index in [4.69, 9.17) is 6.42 Å². The van der Waals surface area contributed by atoms with Gasteiger partial charge in [0.2, 0.25) is 5.16 Å². The molecule has 212 valence electrons. The molecule has 0 unspecified atom stereocenters. The number of amides is 1. The van der Waals surface area contributed by atoms with E-state index in [0.717, 1.165) is 5.56 Å². The van der Waals surface area contributed by atoms with Crippen LogP contribution in [0.5, 0.6) is 0 Å². The number of fused-ring (bicyclic) bond motifs is 1. The maximum atomic E-state index is 15.3. The predicted molar refractivity (Wildman–Crippen MR) is 151 cm³/mol. The fraction of sp³-hybridized carbons (Fsp3) is 0.296. The van der Waals surface area contributed by atoms with Crippen LogP contribution in [0.4, 0.5) is 10.1 Å². The Labute approximate surface area is 238 Å². The average molecular weight is 579 g/mol. The number of terminal acetylenes is 1. The Hall–Kier alpha value is -4.77. The lowest BCUT2D eigenvalue weighted by molar-refractivity contribution is -0.139. The number of aromatic amines is 2. The highest BCUT2D eigenvalue weighted by molar-refractivity contribution is 7.99. The van der Waals surface area contributed by atoms with Gasteiger partial charge in [-0.05, 0) is 67.3 Å². The van der Waals surface area contributed by atoms with Crippen molar-refractivity contribution in [3.63, 3.8) is 0 Å². The summed E-state index contributed by atoms with van der Waals surface area (Å²) in [5, 5.41) is 26.4. The molecule has 0 aliphatic rings. The number of hydrogen-bond acceptors (Lipinski definition) is 9. The van der Waals surface area contributed by atoms with E-state index >= 15 is 4.39 Å². The Kier molecular flexibility index (Phi) is 9.30. The SMILES string of the molecule is C#CCN(Cc1cc2c(=O)[nH]c(C)nc2cc1C)c1c(F)cccc1C(=O)N[C@@H](CCCSc1nn[nH]n1)C(=O)O. The Morgan fingerprint density at radius 2 is 2.10 bits per heavy atom. The standard InChI is InChI=1S/C27H27FN8O4S/c1-4-10-36(14-17-13-19-22(12-15(17)2)29-16(3)30-25(19)38)23-18(7-5-8-20(23)28)24(37)31-21(26(39)40)9-6-11-41-27-32-34-35-33-27/h1,5,7-8,12-13,21H,6,9-11,14H2,2-3H3,(H,31,37)(H,39,40)(H,29,30,38)(H,32,33,34,35)/t21-/m0/s1. The number of carbonyl (C=O) groups is 2. The van der Waals surface area contributed by atoms with Gasteiger partial charge in [0, 0.05) is 12.3 Å². The molecule has 0 fully saturated rings. The van der Waals surface area contributed by atoms with Gasteiger partial charge in [-0.2, -0.15) is 5.21 Å². The molecule has 14 heteroatoms. The first-order chi connectivity index (χ1) is 19.7. The number of anilines is 1. The number of aliphatic carboxylic acids is 1. The summed E-state index contributed by atoms with van der Waals surface area (Å²) in [6, 6.07) is 6.21. The van der Waals surface area contributed by atoms with Crippen LogP contribution in [0.25, 0.3) is 10.9 Å². The first-order valence-electron chi connectivity index (χ1n) is 12.5. The number of para-hydroxylation sites is 1. The second-order valence-corrected chi connectivity index (χ2v) is 10.3. The zero-order chi connectivity index (χ0) is 29.5. The number of tetrazole rings is 1. The van der Waals surface area contributed by atoms with E-state index in [1.54, 1.807) is 19.1 Å². The van der Waals surface area contributed by atoms with Gasteiger partial charge in [0.25, 0.3) is 11.5 Å². The summed E-state index contributed by atoms with van der Waals surface area (Å²) in [6.07, 6.45) is 6.18. The Morgan fingerprint density at radius 3 is 2.80 bits per heavy atom. The fourth-order valence-electron chi connectivity index (χ4n) is 4.33. The number of rotatable bonds is 12. The van der Waals surface area contributed by atoms with Gasteiger partial charge in [-0.15, -0.1) is 16.6 Å².